The van der Waals surface area contributed by atoms with Crippen LogP contribution in [0.25, 0.3) is 0 Å². The zero-order chi connectivity index (χ0) is 16.5. The Kier molecular flexibility index (Phi) is 4.84. The van der Waals surface area contributed by atoms with Gasteiger partial charge in [-0.1, -0.05) is 6.07 Å². The van der Waals surface area contributed by atoms with Crippen molar-refractivity contribution in [1.82, 2.24) is 9.21 Å². The quantitative estimate of drug-likeness (QED) is 0.843. The maximum Gasteiger partial charge on any atom is 0.410 e. The molecule has 124 valence electrons. The first kappa shape index (κ1) is 17.2. The topological polar surface area (TPSA) is 66.9 Å². The molecular weight excluding hydrogens is 324 g/mol. The van der Waals surface area contributed by atoms with E-state index in [0.717, 1.165) is 0 Å². The summed E-state index contributed by atoms with van der Waals surface area (Å²) in [5.74, 6) is 0. The fourth-order valence-electron chi connectivity index (χ4n) is 2.28. The SMILES string of the molecule is CN([C@H]1CCN(C(=O)OC(C)(C)C)C1)S(=O)(=O)c1cccs1. The van der Waals surface area contributed by atoms with Gasteiger partial charge in [0, 0.05) is 26.2 Å². The number of nitrogens with zero attached hydrogens (tertiary/aromatic N) is 2. The van der Waals surface area contributed by atoms with Gasteiger partial charge >= 0.3 is 6.09 Å². The van der Waals surface area contributed by atoms with Gasteiger partial charge in [-0.2, -0.15) is 4.31 Å². The molecule has 1 aliphatic rings. The Hall–Kier alpha value is -1.12. The van der Waals surface area contributed by atoms with Gasteiger partial charge in [0.1, 0.15) is 9.81 Å². The predicted molar refractivity (Wildman–Crippen MR) is 85.5 cm³/mol. The highest BCUT2D eigenvalue weighted by Gasteiger charge is 2.36. The molecule has 8 heteroatoms. The van der Waals surface area contributed by atoms with Crippen molar-refractivity contribution in [2.75, 3.05) is 20.1 Å². The van der Waals surface area contributed by atoms with Gasteiger partial charge in [-0.15, -0.1) is 11.3 Å². The summed E-state index contributed by atoms with van der Waals surface area (Å²) in [5.41, 5.74) is -0.551. The number of likely N-dealkylation sites (tertiary alicyclic amines) is 1. The van der Waals surface area contributed by atoms with Gasteiger partial charge in [0.05, 0.1) is 0 Å². The van der Waals surface area contributed by atoms with Crippen molar-refractivity contribution in [1.29, 1.82) is 0 Å². The van der Waals surface area contributed by atoms with E-state index in [1.165, 1.54) is 15.6 Å². The highest BCUT2D eigenvalue weighted by Crippen LogP contribution is 2.25. The summed E-state index contributed by atoms with van der Waals surface area (Å²) in [7, 11) is -1.92. The Morgan fingerprint density at radius 3 is 2.68 bits per heavy atom. The Morgan fingerprint density at radius 1 is 1.45 bits per heavy atom. The summed E-state index contributed by atoms with van der Waals surface area (Å²) in [5, 5.41) is 1.74. The minimum atomic E-state index is -3.49. The molecule has 0 unspecified atom stereocenters. The van der Waals surface area contributed by atoms with Crippen LogP contribution in [0, 0.1) is 0 Å². The fraction of sp³-hybridized carbons (Fsp3) is 0.643. The van der Waals surface area contributed by atoms with Crippen LogP contribution in [0.3, 0.4) is 0 Å². The fourth-order valence-corrected chi connectivity index (χ4v) is 4.83. The van der Waals surface area contributed by atoms with E-state index in [9.17, 15) is 13.2 Å². The van der Waals surface area contributed by atoms with E-state index in [-0.39, 0.29) is 6.04 Å². The molecule has 1 aromatic heterocycles. The highest BCUT2D eigenvalue weighted by atomic mass is 32.2. The molecule has 1 amide bonds. The maximum atomic E-state index is 12.5. The number of ether oxygens (including phenoxy) is 1. The number of carbonyl (C=O) groups is 1. The Balaban J connectivity index is 2.03. The molecule has 0 bridgehead atoms. The molecule has 0 aliphatic carbocycles. The summed E-state index contributed by atoms with van der Waals surface area (Å²) in [6.45, 7) is 6.30. The molecule has 0 saturated carbocycles. The third-order valence-electron chi connectivity index (χ3n) is 3.46. The number of rotatable bonds is 3. The minimum absolute atomic E-state index is 0.223. The average molecular weight is 346 g/mol. The summed E-state index contributed by atoms with van der Waals surface area (Å²) in [6.07, 6.45) is 0.220. The number of carbonyl (C=O) groups excluding carboxylic acids is 1. The zero-order valence-corrected chi connectivity index (χ0v) is 14.9. The van der Waals surface area contributed by atoms with Gasteiger partial charge in [0.25, 0.3) is 10.0 Å². The number of hydrogen-bond donors (Lipinski definition) is 0. The normalized spacial score (nSPS) is 19.7. The predicted octanol–water partition coefficient (Wildman–Crippen LogP) is 2.38. The molecule has 0 spiro atoms. The van der Waals surface area contributed by atoms with Gasteiger partial charge in [-0.05, 0) is 38.6 Å². The molecule has 0 aromatic carbocycles. The summed E-state index contributed by atoms with van der Waals surface area (Å²) in [6, 6.07) is 3.09. The van der Waals surface area contributed by atoms with E-state index in [4.69, 9.17) is 4.74 Å². The first-order valence-electron chi connectivity index (χ1n) is 7.11. The average Bonchev–Trinajstić information content (AvgIpc) is 3.07. The van der Waals surface area contributed by atoms with E-state index in [1.807, 2.05) is 20.8 Å². The van der Waals surface area contributed by atoms with Crippen molar-refractivity contribution < 1.29 is 17.9 Å². The van der Waals surface area contributed by atoms with Crippen molar-refractivity contribution in [2.24, 2.45) is 0 Å². The van der Waals surface area contributed by atoms with Gasteiger partial charge < -0.3 is 9.64 Å². The zero-order valence-electron chi connectivity index (χ0n) is 13.3. The van der Waals surface area contributed by atoms with Crippen molar-refractivity contribution >= 4 is 27.5 Å². The maximum absolute atomic E-state index is 12.5. The monoisotopic (exact) mass is 346 g/mol. The molecule has 1 saturated heterocycles. The van der Waals surface area contributed by atoms with Crippen LogP contribution in [0.4, 0.5) is 4.79 Å². The van der Waals surface area contributed by atoms with E-state index in [2.05, 4.69) is 0 Å². The summed E-state index contributed by atoms with van der Waals surface area (Å²) in [4.78, 5) is 13.6. The molecule has 0 N–H and O–H groups in total. The Morgan fingerprint density at radius 2 is 2.14 bits per heavy atom. The van der Waals surface area contributed by atoms with Gasteiger partial charge in [0.2, 0.25) is 0 Å². The number of hydrogen-bond acceptors (Lipinski definition) is 5. The lowest BCUT2D eigenvalue weighted by Crippen LogP contribution is -2.41. The highest BCUT2D eigenvalue weighted by molar-refractivity contribution is 7.91. The van der Waals surface area contributed by atoms with Crippen LogP contribution in [0.5, 0.6) is 0 Å². The van der Waals surface area contributed by atoms with E-state index in [0.29, 0.717) is 23.7 Å². The third-order valence-corrected chi connectivity index (χ3v) is 6.74. The molecule has 22 heavy (non-hydrogen) atoms. The molecule has 1 aliphatic heterocycles. The molecule has 1 atom stereocenters. The second-order valence-electron chi connectivity index (χ2n) is 6.32. The molecular formula is C14H22N2O4S2. The van der Waals surface area contributed by atoms with Gasteiger partial charge in [-0.3, -0.25) is 0 Å². The number of thiophene rings is 1. The number of amides is 1. The third kappa shape index (κ3) is 3.80. The van der Waals surface area contributed by atoms with Crippen LogP contribution < -0.4 is 0 Å². The van der Waals surface area contributed by atoms with Crippen LogP contribution in [-0.4, -0.2) is 55.5 Å². The largest absolute Gasteiger partial charge is 0.444 e. The Bertz CT molecular complexity index is 620. The lowest BCUT2D eigenvalue weighted by Gasteiger charge is -2.26. The molecule has 6 nitrogen and oxygen atoms in total. The van der Waals surface area contributed by atoms with Crippen molar-refractivity contribution in [2.45, 2.75) is 43.0 Å². The van der Waals surface area contributed by atoms with E-state index >= 15 is 0 Å². The second kappa shape index (κ2) is 6.17. The van der Waals surface area contributed by atoms with Crippen LogP contribution in [-0.2, 0) is 14.8 Å². The molecule has 1 fully saturated rings. The summed E-state index contributed by atoms with van der Waals surface area (Å²) >= 11 is 1.20. The van der Waals surface area contributed by atoms with E-state index in [1.54, 1.807) is 29.5 Å². The minimum Gasteiger partial charge on any atom is -0.444 e. The molecule has 2 heterocycles. The van der Waals surface area contributed by atoms with Gasteiger partial charge in [0.15, 0.2) is 0 Å². The van der Waals surface area contributed by atoms with Crippen molar-refractivity contribution in [3.63, 3.8) is 0 Å². The first-order chi connectivity index (χ1) is 10.1. The van der Waals surface area contributed by atoms with Crippen LogP contribution >= 0.6 is 11.3 Å². The number of likely N-dealkylation sites (N-methyl/N-ethyl adjacent to an activating group) is 1. The Labute approximate surface area is 135 Å². The molecule has 0 radical (unpaired) electrons. The lowest BCUT2D eigenvalue weighted by molar-refractivity contribution is 0.0287. The standard InChI is InChI=1S/C14H22N2O4S2/c1-14(2,3)20-13(17)16-8-7-11(10-16)15(4)22(18,19)12-6-5-9-21-12/h5-6,9,11H,7-8,10H2,1-4H3/t11-/m0/s1. The second-order valence-corrected chi connectivity index (χ2v) is 9.49. The van der Waals surface area contributed by atoms with Crippen LogP contribution in [0.1, 0.15) is 27.2 Å². The van der Waals surface area contributed by atoms with Crippen molar-refractivity contribution in [3.05, 3.63) is 17.5 Å². The first-order valence-corrected chi connectivity index (χ1v) is 9.43. The smallest absolute Gasteiger partial charge is 0.410 e. The lowest BCUT2D eigenvalue weighted by atomic mass is 10.2. The van der Waals surface area contributed by atoms with Crippen LogP contribution in [0.15, 0.2) is 21.7 Å². The molecule has 2 rings (SSSR count). The number of sulfonamides is 1. The van der Waals surface area contributed by atoms with Crippen LogP contribution in [0.2, 0.25) is 0 Å². The van der Waals surface area contributed by atoms with Crippen molar-refractivity contribution in [3.8, 4) is 0 Å². The molecule has 1 aromatic rings. The van der Waals surface area contributed by atoms with E-state index < -0.39 is 21.7 Å². The summed E-state index contributed by atoms with van der Waals surface area (Å²) < 4.78 is 32.0. The van der Waals surface area contributed by atoms with Gasteiger partial charge in [-0.25, -0.2) is 13.2 Å².